The van der Waals surface area contributed by atoms with E-state index in [2.05, 4.69) is 10.6 Å². The Kier molecular flexibility index (Phi) is 6.42. The Balaban J connectivity index is 1.78. The summed E-state index contributed by atoms with van der Waals surface area (Å²) in [6.07, 6.45) is 1.70. The van der Waals surface area contributed by atoms with Crippen LogP contribution < -0.4 is 10.6 Å². The molecule has 1 aliphatic carbocycles. The molecular weight excluding hydrogens is 320 g/mol. The average Bonchev–Trinajstić information content (AvgIpc) is 2.50. The molecule has 0 aromatic heterocycles. The predicted molar refractivity (Wildman–Crippen MR) is 95.0 cm³/mol. The van der Waals surface area contributed by atoms with Crippen LogP contribution in [0.5, 0.6) is 0 Å². The van der Waals surface area contributed by atoms with Crippen molar-refractivity contribution in [2.45, 2.75) is 51.4 Å². The summed E-state index contributed by atoms with van der Waals surface area (Å²) in [5.41, 5.74) is 0.137. The molecule has 2 N–H and O–H groups in total. The Hall–Kier alpha value is -2.08. The normalized spacial score (nSPS) is 22.6. The van der Waals surface area contributed by atoms with Gasteiger partial charge in [-0.25, -0.2) is 4.79 Å². The molecule has 0 unspecified atom stereocenters. The summed E-state index contributed by atoms with van der Waals surface area (Å²) in [5, 5.41) is 5.59. The first-order valence-electron chi connectivity index (χ1n) is 8.62. The third kappa shape index (κ3) is 6.38. The van der Waals surface area contributed by atoms with Gasteiger partial charge in [-0.05, 0) is 45.1 Å². The van der Waals surface area contributed by atoms with Crippen molar-refractivity contribution in [2.24, 2.45) is 5.92 Å². The van der Waals surface area contributed by atoms with Gasteiger partial charge in [0.25, 0.3) is 0 Å². The van der Waals surface area contributed by atoms with Gasteiger partial charge in [-0.15, -0.1) is 0 Å². The monoisotopic (exact) mass is 348 g/mol. The molecule has 2 amide bonds. The maximum atomic E-state index is 12.1. The molecule has 6 nitrogen and oxygen atoms in total. The number of benzene rings is 1. The van der Waals surface area contributed by atoms with Crippen molar-refractivity contribution in [1.82, 2.24) is 10.6 Å². The number of nitrogens with one attached hydrogen (secondary N) is 2. The van der Waals surface area contributed by atoms with Gasteiger partial charge in [0.1, 0.15) is 5.60 Å². The van der Waals surface area contributed by atoms with E-state index in [0.717, 1.165) is 18.4 Å². The molecule has 1 aromatic rings. The number of carbonyl (C=O) groups is 2. The second kappa shape index (κ2) is 8.34. The van der Waals surface area contributed by atoms with E-state index in [-0.39, 0.29) is 0 Å². The first-order chi connectivity index (χ1) is 11.8. The summed E-state index contributed by atoms with van der Waals surface area (Å²) in [6, 6.07) is 10.0. The zero-order valence-corrected chi connectivity index (χ0v) is 15.2. The van der Waals surface area contributed by atoms with E-state index in [4.69, 9.17) is 9.47 Å². The Labute approximate surface area is 149 Å². The van der Waals surface area contributed by atoms with Crippen LogP contribution in [0.3, 0.4) is 0 Å². The summed E-state index contributed by atoms with van der Waals surface area (Å²) >= 11 is 0. The van der Waals surface area contributed by atoms with Crippen molar-refractivity contribution >= 4 is 12.5 Å². The van der Waals surface area contributed by atoms with Crippen LogP contribution in [0.25, 0.3) is 0 Å². The highest BCUT2D eigenvalue weighted by Crippen LogP contribution is 2.38. The van der Waals surface area contributed by atoms with Crippen LogP contribution in [-0.2, 0) is 20.9 Å². The molecule has 0 bridgehead atoms. The first kappa shape index (κ1) is 19.2. The second-order valence-electron chi connectivity index (χ2n) is 7.68. The topological polar surface area (TPSA) is 76.7 Å². The molecule has 1 aliphatic rings. The second-order valence-corrected chi connectivity index (χ2v) is 7.68. The molecule has 0 heterocycles. The molecule has 1 fully saturated rings. The minimum atomic E-state index is -0.550. The Morgan fingerprint density at radius 3 is 2.56 bits per heavy atom. The van der Waals surface area contributed by atoms with Crippen LogP contribution >= 0.6 is 0 Å². The van der Waals surface area contributed by atoms with E-state index in [1.807, 2.05) is 51.1 Å². The average molecular weight is 348 g/mol. The highest BCUT2D eigenvalue weighted by Gasteiger charge is 2.45. The van der Waals surface area contributed by atoms with Gasteiger partial charge in [0.05, 0.1) is 18.8 Å². The van der Waals surface area contributed by atoms with Gasteiger partial charge in [0, 0.05) is 6.54 Å². The number of rotatable bonds is 8. The molecule has 0 spiro atoms. The molecular formula is C19H28N2O4. The summed E-state index contributed by atoms with van der Waals surface area (Å²) in [6.45, 7) is 7.08. The molecule has 1 saturated carbocycles. The first-order valence-corrected chi connectivity index (χ1v) is 8.62. The van der Waals surface area contributed by atoms with Crippen LogP contribution in [0.2, 0.25) is 0 Å². The van der Waals surface area contributed by atoms with Crippen molar-refractivity contribution in [3.05, 3.63) is 35.9 Å². The zero-order chi connectivity index (χ0) is 18.3. The van der Waals surface area contributed by atoms with Crippen molar-refractivity contribution < 1.29 is 19.1 Å². The van der Waals surface area contributed by atoms with Crippen molar-refractivity contribution in [3.8, 4) is 0 Å². The summed E-state index contributed by atoms with van der Waals surface area (Å²) in [5.74, 6) is 0.354. The quantitative estimate of drug-likeness (QED) is 0.708. The Morgan fingerprint density at radius 1 is 1.28 bits per heavy atom. The lowest BCUT2D eigenvalue weighted by atomic mass is 9.68. The van der Waals surface area contributed by atoms with Gasteiger partial charge in [0.2, 0.25) is 6.41 Å². The molecule has 2 rings (SSSR count). The fourth-order valence-electron chi connectivity index (χ4n) is 3.13. The van der Waals surface area contributed by atoms with Crippen molar-refractivity contribution in [1.29, 1.82) is 0 Å². The lowest BCUT2D eigenvalue weighted by Gasteiger charge is -2.47. The number of hydrogen-bond acceptors (Lipinski definition) is 4. The van der Waals surface area contributed by atoms with E-state index in [0.29, 0.717) is 32.1 Å². The summed E-state index contributed by atoms with van der Waals surface area (Å²) in [7, 11) is 0. The minimum Gasteiger partial charge on any atom is -0.444 e. The van der Waals surface area contributed by atoms with Gasteiger partial charge in [0.15, 0.2) is 0 Å². The standard InChI is InChI=1S/C19H28N2O4/c1-18(2,3)25-17(23)21-19(13-20-14-22)9-16(10-19)12-24-11-15-7-5-4-6-8-15/h4-8,14,16H,9-13H2,1-3H3,(H,20,22)(H,21,23). The highest BCUT2D eigenvalue weighted by atomic mass is 16.6. The van der Waals surface area contributed by atoms with Crippen LogP contribution in [0.15, 0.2) is 30.3 Å². The lowest BCUT2D eigenvalue weighted by molar-refractivity contribution is -0.110. The van der Waals surface area contributed by atoms with Crippen LogP contribution in [0.4, 0.5) is 4.79 Å². The van der Waals surface area contributed by atoms with Crippen LogP contribution in [0.1, 0.15) is 39.2 Å². The molecule has 1 aromatic carbocycles. The van der Waals surface area contributed by atoms with Crippen molar-refractivity contribution in [2.75, 3.05) is 13.2 Å². The van der Waals surface area contributed by atoms with E-state index in [9.17, 15) is 9.59 Å². The smallest absolute Gasteiger partial charge is 0.408 e. The maximum Gasteiger partial charge on any atom is 0.408 e. The Bertz CT molecular complexity index is 563. The predicted octanol–water partition coefficient (Wildman–Crippen LogP) is 2.62. The molecule has 25 heavy (non-hydrogen) atoms. The molecule has 0 aliphatic heterocycles. The number of hydrogen-bond donors (Lipinski definition) is 2. The zero-order valence-electron chi connectivity index (χ0n) is 15.2. The van der Waals surface area contributed by atoms with Crippen LogP contribution in [-0.4, -0.2) is 36.8 Å². The van der Waals surface area contributed by atoms with Gasteiger partial charge >= 0.3 is 6.09 Å². The number of amides is 2. The Morgan fingerprint density at radius 2 is 1.96 bits per heavy atom. The van der Waals surface area contributed by atoms with Gasteiger partial charge in [-0.2, -0.15) is 0 Å². The molecule has 6 heteroatoms. The van der Waals surface area contributed by atoms with Crippen molar-refractivity contribution in [3.63, 3.8) is 0 Å². The summed E-state index contributed by atoms with van der Waals surface area (Å²) < 4.78 is 11.1. The van der Waals surface area contributed by atoms with Crippen LogP contribution in [0, 0.1) is 5.92 Å². The van der Waals surface area contributed by atoms with Gasteiger partial charge in [-0.3, -0.25) is 4.79 Å². The molecule has 0 radical (unpaired) electrons. The summed E-state index contributed by atoms with van der Waals surface area (Å²) in [4.78, 5) is 22.7. The van der Waals surface area contributed by atoms with Gasteiger partial charge in [-0.1, -0.05) is 30.3 Å². The third-order valence-corrected chi connectivity index (χ3v) is 4.11. The SMILES string of the molecule is CC(C)(C)OC(=O)NC1(CNC=O)CC(COCc2ccccc2)C1. The minimum absolute atomic E-state index is 0.354. The van der Waals surface area contributed by atoms with E-state index in [1.165, 1.54) is 0 Å². The van der Waals surface area contributed by atoms with E-state index < -0.39 is 17.2 Å². The van der Waals surface area contributed by atoms with E-state index in [1.54, 1.807) is 0 Å². The number of alkyl carbamates (subject to hydrolysis) is 1. The highest BCUT2D eigenvalue weighted by molar-refractivity contribution is 5.69. The lowest BCUT2D eigenvalue weighted by Crippen LogP contribution is -2.63. The largest absolute Gasteiger partial charge is 0.444 e. The fourth-order valence-corrected chi connectivity index (χ4v) is 3.13. The third-order valence-electron chi connectivity index (χ3n) is 4.11. The molecule has 0 atom stereocenters. The van der Waals surface area contributed by atoms with E-state index >= 15 is 0 Å². The maximum absolute atomic E-state index is 12.1. The molecule has 138 valence electrons. The number of ether oxygens (including phenoxy) is 2. The number of carbonyl (C=O) groups excluding carboxylic acids is 2. The van der Waals surface area contributed by atoms with Gasteiger partial charge < -0.3 is 20.1 Å². The fraction of sp³-hybridized carbons (Fsp3) is 0.579. The molecule has 0 saturated heterocycles.